The number of esters is 1. The van der Waals surface area contributed by atoms with E-state index < -0.39 is 29.6 Å². The van der Waals surface area contributed by atoms with Crippen LogP contribution in [-0.2, 0) is 19.1 Å². The van der Waals surface area contributed by atoms with Gasteiger partial charge in [0.25, 0.3) is 0 Å². The lowest BCUT2D eigenvalue weighted by Gasteiger charge is -2.19. The van der Waals surface area contributed by atoms with Crippen molar-refractivity contribution in [1.82, 2.24) is 5.32 Å². The molecule has 1 unspecified atom stereocenters. The van der Waals surface area contributed by atoms with E-state index in [2.05, 4.69) is 5.32 Å². The van der Waals surface area contributed by atoms with Crippen molar-refractivity contribution in [2.24, 2.45) is 5.92 Å². The highest BCUT2D eigenvalue weighted by Crippen LogP contribution is 2.12. The lowest BCUT2D eigenvalue weighted by atomic mass is 10.0. The van der Waals surface area contributed by atoms with Crippen LogP contribution in [0.15, 0.2) is 0 Å². The first-order valence-corrected chi connectivity index (χ1v) is 7.53. The normalized spacial score (nSPS) is 12.4. The molecule has 0 spiro atoms. The van der Waals surface area contributed by atoms with Gasteiger partial charge < -0.3 is 19.9 Å². The summed E-state index contributed by atoms with van der Waals surface area (Å²) in [6, 6.07) is 0. The van der Waals surface area contributed by atoms with Crippen LogP contribution in [0, 0.1) is 5.92 Å². The van der Waals surface area contributed by atoms with Crippen LogP contribution in [0.3, 0.4) is 0 Å². The molecule has 0 fully saturated rings. The Morgan fingerprint density at radius 1 is 1.14 bits per heavy atom. The summed E-state index contributed by atoms with van der Waals surface area (Å²) in [4.78, 5) is 33.8. The molecule has 22 heavy (non-hydrogen) atoms. The third-order valence-corrected chi connectivity index (χ3v) is 2.71. The first-order chi connectivity index (χ1) is 10.2. The van der Waals surface area contributed by atoms with Crippen LogP contribution in [-0.4, -0.2) is 41.9 Å². The zero-order valence-corrected chi connectivity index (χ0v) is 13.8. The molecule has 0 aromatic heterocycles. The van der Waals surface area contributed by atoms with Crippen molar-refractivity contribution < 1.29 is 29.0 Å². The molecule has 0 aliphatic carbocycles. The minimum Gasteiger partial charge on any atom is -0.481 e. The van der Waals surface area contributed by atoms with Crippen LogP contribution in [0.4, 0.5) is 4.79 Å². The van der Waals surface area contributed by atoms with E-state index in [1.165, 1.54) is 0 Å². The number of carboxylic acid groups (broad SMARTS) is 1. The van der Waals surface area contributed by atoms with E-state index in [9.17, 15) is 14.4 Å². The molecule has 1 atom stereocenters. The number of unbranched alkanes of at least 4 members (excludes halogenated alkanes) is 2. The van der Waals surface area contributed by atoms with E-state index >= 15 is 0 Å². The third kappa shape index (κ3) is 10.0. The SMILES string of the molecule is CCOC(=O)C(CCCCCNC(=O)OC(C)(C)C)C(=O)O. The molecule has 7 heteroatoms. The number of carbonyl (C=O) groups is 3. The molecule has 1 amide bonds. The van der Waals surface area contributed by atoms with Gasteiger partial charge in [0.1, 0.15) is 5.60 Å². The van der Waals surface area contributed by atoms with Crippen LogP contribution in [0.25, 0.3) is 0 Å². The Balaban J connectivity index is 3.85. The molecular formula is C15H27NO6. The molecule has 0 heterocycles. The predicted octanol–water partition coefficient (Wildman–Crippen LogP) is 2.34. The number of alkyl carbamates (subject to hydrolysis) is 1. The summed E-state index contributed by atoms with van der Waals surface area (Å²) in [6.07, 6.45) is 1.74. The average molecular weight is 317 g/mol. The van der Waals surface area contributed by atoms with Gasteiger partial charge in [-0.1, -0.05) is 12.8 Å². The average Bonchev–Trinajstić information content (AvgIpc) is 2.35. The van der Waals surface area contributed by atoms with Gasteiger partial charge >= 0.3 is 18.0 Å². The zero-order valence-electron chi connectivity index (χ0n) is 13.8. The van der Waals surface area contributed by atoms with Gasteiger partial charge in [-0.3, -0.25) is 9.59 Å². The number of hydrogen-bond donors (Lipinski definition) is 2. The number of amides is 1. The number of aliphatic carboxylic acids is 1. The minimum absolute atomic E-state index is 0.169. The molecule has 0 aromatic carbocycles. The zero-order chi connectivity index (χ0) is 17.2. The van der Waals surface area contributed by atoms with Gasteiger partial charge in [-0.15, -0.1) is 0 Å². The second kappa shape index (κ2) is 10.0. The van der Waals surface area contributed by atoms with Gasteiger partial charge in [0, 0.05) is 6.54 Å². The van der Waals surface area contributed by atoms with E-state index in [-0.39, 0.29) is 13.0 Å². The van der Waals surface area contributed by atoms with Crippen molar-refractivity contribution >= 4 is 18.0 Å². The fourth-order valence-electron chi connectivity index (χ4n) is 1.74. The molecule has 0 saturated carbocycles. The maximum absolute atomic E-state index is 11.5. The van der Waals surface area contributed by atoms with E-state index in [0.717, 1.165) is 0 Å². The monoisotopic (exact) mass is 317 g/mol. The van der Waals surface area contributed by atoms with Crippen LogP contribution in [0.5, 0.6) is 0 Å². The maximum atomic E-state index is 11.5. The lowest BCUT2D eigenvalue weighted by molar-refractivity contribution is -0.158. The number of rotatable bonds is 9. The van der Waals surface area contributed by atoms with Gasteiger partial charge in [-0.05, 0) is 40.5 Å². The Kier molecular flexibility index (Phi) is 9.21. The van der Waals surface area contributed by atoms with Gasteiger partial charge in [0.15, 0.2) is 5.92 Å². The van der Waals surface area contributed by atoms with Crippen molar-refractivity contribution in [2.75, 3.05) is 13.2 Å². The number of ether oxygens (including phenoxy) is 2. The lowest BCUT2D eigenvalue weighted by Crippen LogP contribution is -2.33. The largest absolute Gasteiger partial charge is 0.481 e. The highest BCUT2D eigenvalue weighted by Gasteiger charge is 2.26. The third-order valence-electron chi connectivity index (χ3n) is 2.71. The Hall–Kier alpha value is -1.79. The smallest absolute Gasteiger partial charge is 0.407 e. The van der Waals surface area contributed by atoms with Crippen molar-refractivity contribution in [3.8, 4) is 0 Å². The van der Waals surface area contributed by atoms with Gasteiger partial charge in [-0.25, -0.2) is 4.79 Å². The fraction of sp³-hybridized carbons (Fsp3) is 0.800. The topological polar surface area (TPSA) is 102 Å². The van der Waals surface area contributed by atoms with E-state index in [4.69, 9.17) is 14.6 Å². The molecule has 0 bridgehead atoms. The van der Waals surface area contributed by atoms with E-state index in [1.54, 1.807) is 27.7 Å². The molecule has 128 valence electrons. The van der Waals surface area contributed by atoms with Crippen molar-refractivity contribution in [1.29, 1.82) is 0 Å². The first kappa shape index (κ1) is 20.2. The fourth-order valence-corrected chi connectivity index (χ4v) is 1.74. The predicted molar refractivity (Wildman–Crippen MR) is 80.5 cm³/mol. The maximum Gasteiger partial charge on any atom is 0.407 e. The summed E-state index contributed by atoms with van der Waals surface area (Å²) in [5.41, 5.74) is -0.529. The Morgan fingerprint density at radius 3 is 2.27 bits per heavy atom. The number of nitrogens with one attached hydrogen (secondary N) is 1. The molecule has 0 aliphatic heterocycles. The van der Waals surface area contributed by atoms with Crippen LogP contribution >= 0.6 is 0 Å². The Morgan fingerprint density at radius 2 is 1.77 bits per heavy atom. The molecule has 0 saturated heterocycles. The van der Waals surface area contributed by atoms with Crippen molar-refractivity contribution in [3.63, 3.8) is 0 Å². The summed E-state index contributed by atoms with van der Waals surface area (Å²) in [7, 11) is 0. The van der Waals surface area contributed by atoms with E-state index in [0.29, 0.717) is 25.8 Å². The van der Waals surface area contributed by atoms with Crippen LogP contribution in [0.2, 0.25) is 0 Å². The Bertz CT molecular complexity index is 375. The summed E-state index contributed by atoms with van der Waals surface area (Å²) in [6.45, 7) is 7.61. The standard InChI is InChI=1S/C15H27NO6/c1-5-21-13(19)11(12(17)18)9-7-6-8-10-16-14(20)22-15(2,3)4/h11H,5-10H2,1-4H3,(H,16,20)(H,17,18). The highest BCUT2D eigenvalue weighted by atomic mass is 16.6. The summed E-state index contributed by atoms with van der Waals surface area (Å²) >= 11 is 0. The summed E-state index contributed by atoms with van der Waals surface area (Å²) < 4.78 is 9.81. The first-order valence-electron chi connectivity index (χ1n) is 7.53. The van der Waals surface area contributed by atoms with Gasteiger partial charge in [0.2, 0.25) is 0 Å². The summed E-state index contributed by atoms with van der Waals surface area (Å²) in [5, 5.41) is 11.6. The second-order valence-corrected chi connectivity index (χ2v) is 5.92. The molecule has 2 N–H and O–H groups in total. The van der Waals surface area contributed by atoms with E-state index in [1.807, 2.05) is 0 Å². The molecule has 7 nitrogen and oxygen atoms in total. The molecule has 0 radical (unpaired) electrons. The van der Waals surface area contributed by atoms with Crippen molar-refractivity contribution in [2.45, 2.75) is 59.0 Å². The van der Waals surface area contributed by atoms with Crippen LogP contribution in [0.1, 0.15) is 53.4 Å². The molecule has 0 aliphatic rings. The van der Waals surface area contributed by atoms with Crippen molar-refractivity contribution in [3.05, 3.63) is 0 Å². The van der Waals surface area contributed by atoms with Gasteiger partial charge in [-0.2, -0.15) is 0 Å². The number of carboxylic acids is 1. The van der Waals surface area contributed by atoms with Gasteiger partial charge in [0.05, 0.1) is 6.61 Å². The number of hydrogen-bond acceptors (Lipinski definition) is 5. The van der Waals surface area contributed by atoms with Crippen LogP contribution < -0.4 is 5.32 Å². The minimum atomic E-state index is -1.16. The Labute approximate surface area is 131 Å². The quantitative estimate of drug-likeness (QED) is 0.384. The molecular weight excluding hydrogens is 290 g/mol. The summed E-state index contributed by atoms with van der Waals surface area (Å²) in [5.74, 6) is -2.97. The number of carbonyl (C=O) groups excluding carboxylic acids is 2. The second-order valence-electron chi connectivity index (χ2n) is 5.92. The molecule has 0 rings (SSSR count). The molecule has 0 aromatic rings. The highest BCUT2D eigenvalue weighted by molar-refractivity contribution is 5.93.